The standard InChI is InChI=1S/C31H24ClN5OS2/c1-19-4-3-5-22(16-19)29-35-36-31(37(29)25-13-9-23(32)10-14-25)39-18-28(38)33-24-11-7-21(8-12-24)30-34-26-15-6-20(2)17-27(26)40-30/h3-17H,18H2,1-2H3,(H,33,38). The fraction of sp³-hybridized carbons (Fsp3) is 0.0968. The summed E-state index contributed by atoms with van der Waals surface area (Å²) < 4.78 is 3.12. The van der Waals surface area contributed by atoms with E-state index in [1.54, 1.807) is 11.3 Å². The molecule has 6 aromatic rings. The molecule has 40 heavy (non-hydrogen) atoms. The summed E-state index contributed by atoms with van der Waals surface area (Å²) in [5.74, 6) is 0.754. The molecule has 0 radical (unpaired) electrons. The minimum atomic E-state index is -0.129. The van der Waals surface area contributed by atoms with Crippen LogP contribution in [0.25, 0.3) is 37.9 Å². The van der Waals surface area contributed by atoms with Crippen molar-refractivity contribution in [2.24, 2.45) is 0 Å². The van der Waals surface area contributed by atoms with Crippen molar-refractivity contribution in [1.82, 2.24) is 19.7 Å². The van der Waals surface area contributed by atoms with Gasteiger partial charge < -0.3 is 5.32 Å². The first kappa shape index (κ1) is 26.3. The molecule has 0 aliphatic heterocycles. The Hall–Kier alpha value is -3.98. The first-order valence-corrected chi connectivity index (χ1v) is 14.8. The Labute approximate surface area is 245 Å². The third-order valence-corrected chi connectivity index (χ3v) is 8.53. The summed E-state index contributed by atoms with van der Waals surface area (Å²) in [7, 11) is 0. The summed E-state index contributed by atoms with van der Waals surface area (Å²) in [5, 5.41) is 14.1. The summed E-state index contributed by atoms with van der Waals surface area (Å²) in [6.07, 6.45) is 0. The van der Waals surface area contributed by atoms with Gasteiger partial charge in [0.2, 0.25) is 5.91 Å². The van der Waals surface area contributed by atoms with E-state index in [-0.39, 0.29) is 11.7 Å². The highest BCUT2D eigenvalue weighted by molar-refractivity contribution is 7.99. The average Bonchev–Trinajstić information content (AvgIpc) is 3.57. The summed E-state index contributed by atoms with van der Waals surface area (Å²) in [6, 6.07) is 29.7. The highest BCUT2D eigenvalue weighted by Crippen LogP contribution is 2.32. The van der Waals surface area contributed by atoms with Gasteiger partial charge in [-0.1, -0.05) is 53.2 Å². The molecule has 198 valence electrons. The predicted octanol–water partition coefficient (Wildman–Crippen LogP) is 8.21. The van der Waals surface area contributed by atoms with E-state index >= 15 is 0 Å². The monoisotopic (exact) mass is 581 g/mol. The van der Waals surface area contributed by atoms with Crippen molar-refractivity contribution in [3.63, 3.8) is 0 Å². The molecule has 1 amide bonds. The third-order valence-electron chi connectivity index (χ3n) is 6.29. The zero-order chi connectivity index (χ0) is 27.6. The number of hydrogen-bond donors (Lipinski definition) is 1. The van der Waals surface area contributed by atoms with Crippen molar-refractivity contribution in [3.05, 3.63) is 107 Å². The van der Waals surface area contributed by atoms with E-state index in [4.69, 9.17) is 16.6 Å². The van der Waals surface area contributed by atoms with E-state index < -0.39 is 0 Å². The van der Waals surface area contributed by atoms with E-state index in [2.05, 4.69) is 46.7 Å². The molecule has 1 N–H and O–H groups in total. The third kappa shape index (κ3) is 5.65. The minimum absolute atomic E-state index is 0.129. The molecule has 9 heteroatoms. The van der Waals surface area contributed by atoms with Gasteiger partial charge in [-0.25, -0.2) is 4.98 Å². The molecule has 0 unspecified atom stereocenters. The molecular weight excluding hydrogens is 558 g/mol. The van der Waals surface area contributed by atoms with Crippen LogP contribution in [0.4, 0.5) is 5.69 Å². The lowest BCUT2D eigenvalue weighted by Crippen LogP contribution is -2.14. The number of benzene rings is 4. The number of aromatic nitrogens is 4. The summed E-state index contributed by atoms with van der Waals surface area (Å²) >= 11 is 9.14. The molecule has 0 saturated heterocycles. The number of rotatable bonds is 7. The van der Waals surface area contributed by atoms with Crippen molar-refractivity contribution in [2.75, 3.05) is 11.1 Å². The molecular formula is C31H24ClN5OS2. The van der Waals surface area contributed by atoms with Crippen molar-refractivity contribution in [3.8, 4) is 27.6 Å². The van der Waals surface area contributed by atoms with Gasteiger partial charge in [-0.05, 0) is 86.1 Å². The Morgan fingerprint density at radius 1 is 0.900 bits per heavy atom. The van der Waals surface area contributed by atoms with Gasteiger partial charge in [-0.15, -0.1) is 21.5 Å². The number of hydrogen-bond acceptors (Lipinski definition) is 6. The number of carbonyl (C=O) groups excluding carboxylic acids is 1. The molecule has 6 rings (SSSR count). The number of halogens is 1. The zero-order valence-electron chi connectivity index (χ0n) is 21.8. The Kier molecular flexibility index (Phi) is 7.38. The van der Waals surface area contributed by atoms with Crippen molar-refractivity contribution >= 4 is 56.5 Å². The maximum Gasteiger partial charge on any atom is 0.234 e. The van der Waals surface area contributed by atoms with Crippen molar-refractivity contribution in [1.29, 1.82) is 0 Å². The first-order chi connectivity index (χ1) is 19.4. The Bertz CT molecular complexity index is 1830. The highest BCUT2D eigenvalue weighted by Gasteiger charge is 2.18. The van der Waals surface area contributed by atoms with Gasteiger partial charge in [0, 0.05) is 27.5 Å². The van der Waals surface area contributed by atoms with Crippen LogP contribution in [0, 0.1) is 13.8 Å². The number of thiazole rings is 1. The lowest BCUT2D eigenvalue weighted by molar-refractivity contribution is -0.113. The van der Waals surface area contributed by atoms with Crippen LogP contribution >= 0.6 is 34.7 Å². The van der Waals surface area contributed by atoms with E-state index in [9.17, 15) is 4.79 Å². The molecule has 0 spiro atoms. The summed E-state index contributed by atoms with van der Waals surface area (Å²) in [5.41, 5.74) is 6.91. The molecule has 0 saturated carbocycles. The van der Waals surface area contributed by atoms with Crippen LogP contribution in [0.3, 0.4) is 0 Å². The van der Waals surface area contributed by atoms with Crippen LogP contribution in [0.5, 0.6) is 0 Å². The largest absolute Gasteiger partial charge is 0.325 e. The van der Waals surface area contributed by atoms with E-state index in [1.165, 1.54) is 22.0 Å². The second-order valence-corrected chi connectivity index (χ2v) is 11.8. The van der Waals surface area contributed by atoms with Gasteiger partial charge in [-0.3, -0.25) is 9.36 Å². The molecule has 0 aliphatic rings. The van der Waals surface area contributed by atoms with E-state index in [1.807, 2.05) is 78.2 Å². The molecule has 4 aromatic carbocycles. The van der Waals surface area contributed by atoms with E-state index in [0.29, 0.717) is 16.0 Å². The van der Waals surface area contributed by atoms with Gasteiger partial charge >= 0.3 is 0 Å². The van der Waals surface area contributed by atoms with Gasteiger partial charge in [0.15, 0.2) is 11.0 Å². The number of fused-ring (bicyclic) bond motifs is 1. The Balaban J connectivity index is 1.17. The van der Waals surface area contributed by atoms with Crippen LogP contribution < -0.4 is 5.32 Å². The van der Waals surface area contributed by atoms with Crippen LogP contribution in [-0.4, -0.2) is 31.4 Å². The number of nitrogens with one attached hydrogen (secondary N) is 1. The van der Waals surface area contributed by atoms with Crippen LogP contribution in [0.15, 0.2) is 96.2 Å². The van der Waals surface area contributed by atoms with Gasteiger partial charge in [0.25, 0.3) is 0 Å². The Morgan fingerprint density at radius 3 is 2.45 bits per heavy atom. The topological polar surface area (TPSA) is 72.7 Å². The number of thioether (sulfide) groups is 1. The maximum atomic E-state index is 12.9. The van der Waals surface area contributed by atoms with Crippen LogP contribution in [0.1, 0.15) is 11.1 Å². The van der Waals surface area contributed by atoms with Gasteiger partial charge in [-0.2, -0.15) is 0 Å². The molecule has 0 fully saturated rings. The molecule has 0 bridgehead atoms. The average molecular weight is 582 g/mol. The summed E-state index contributed by atoms with van der Waals surface area (Å²) in [6.45, 7) is 4.12. The smallest absolute Gasteiger partial charge is 0.234 e. The highest BCUT2D eigenvalue weighted by atomic mass is 35.5. The zero-order valence-corrected chi connectivity index (χ0v) is 24.1. The predicted molar refractivity (Wildman–Crippen MR) is 166 cm³/mol. The number of anilines is 1. The van der Waals surface area contributed by atoms with E-state index in [0.717, 1.165) is 38.6 Å². The second-order valence-electron chi connectivity index (χ2n) is 9.39. The van der Waals surface area contributed by atoms with Gasteiger partial charge in [0.05, 0.1) is 16.0 Å². The lowest BCUT2D eigenvalue weighted by Gasteiger charge is -2.11. The molecule has 2 aromatic heterocycles. The fourth-order valence-corrected chi connectivity index (χ4v) is 6.28. The number of amides is 1. The molecule has 6 nitrogen and oxygen atoms in total. The number of carbonyl (C=O) groups is 1. The maximum absolute atomic E-state index is 12.9. The lowest BCUT2D eigenvalue weighted by atomic mass is 10.1. The quantitative estimate of drug-likeness (QED) is 0.192. The first-order valence-electron chi connectivity index (χ1n) is 12.6. The van der Waals surface area contributed by atoms with Crippen LogP contribution in [0.2, 0.25) is 5.02 Å². The second kappa shape index (κ2) is 11.3. The molecule has 0 aliphatic carbocycles. The molecule has 2 heterocycles. The fourth-order valence-electron chi connectivity index (χ4n) is 4.34. The normalized spacial score (nSPS) is 11.2. The molecule has 0 atom stereocenters. The summed E-state index contributed by atoms with van der Waals surface area (Å²) in [4.78, 5) is 17.6. The van der Waals surface area contributed by atoms with Crippen molar-refractivity contribution in [2.45, 2.75) is 19.0 Å². The minimum Gasteiger partial charge on any atom is -0.325 e. The number of aryl methyl sites for hydroxylation is 2. The van der Waals surface area contributed by atoms with Crippen LogP contribution in [-0.2, 0) is 4.79 Å². The number of nitrogens with zero attached hydrogens (tertiary/aromatic N) is 4. The Morgan fingerprint density at radius 2 is 1.68 bits per heavy atom. The SMILES string of the molecule is Cc1cccc(-c2nnc(SCC(=O)Nc3ccc(-c4nc5ccc(C)cc5s4)cc3)n2-c2ccc(Cl)cc2)c1. The van der Waals surface area contributed by atoms with Gasteiger partial charge in [0.1, 0.15) is 5.01 Å². The van der Waals surface area contributed by atoms with Crippen molar-refractivity contribution < 1.29 is 4.79 Å².